The van der Waals surface area contributed by atoms with E-state index in [9.17, 15) is 0 Å². The van der Waals surface area contributed by atoms with Crippen molar-refractivity contribution in [3.63, 3.8) is 0 Å². The number of nitrogens with zero attached hydrogens (tertiary/aromatic N) is 1. The first-order valence-electron chi connectivity index (χ1n) is 6.54. The third-order valence-corrected chi connectivity index (χ3v) is 4.48. The highest BCUT2D eigenvalue weighted by Gasteiger charge is 2.14. The highest BCUT2D eigenvalue weighted by Crippen LogP contribution is 2.35. The van der Waals surface area contributed by atoms with Crippen LogP contribution in [-0.2, 0) is 0 Å². The van der Waals surface area contributed by atoms with E-state index in [0.29, 0.717) is 11.8 Å². The lowest BCUT2D eigenvalue weighted by Crippen LogP contribution is -1.95. The predicted molar refractivity (Wildman–Crippen MR) is 77.0 cm³/mol. The van der Waals surface area contributed by atoms with E-state index >= 15 is 0 Å². The molecule has 0 spiro atoms. The molecule has 17 heavy (non-hydrogen) atoms. The quantitative estimate of drug-likeness (QED) is 0.712. The number of pyridine rings is 1. The number of hydrogen-bond donors (Lipinski definition) is 0. The summed E-state index contributed by atoms with van der Waals surface area (Å²) in [5, 5.41) is 3.76. The van der Waals surface area contributed by atoms with E-state index in [0.717, 1.165) is 0 Å². The van der Waals surface area contributed by atoms with Gasteiger partial charge in [-0.3, -0.25) is 4.98 Å². The fraction of sp³-hybridized carbons (Fsp3) is 0.533. The lowest BCUT2D eigenvalue weighted by atomic mass is 9.93. The Bertz CT molecular complexity index is 495. The molecule has 0 aromatic carbocycles. The lowest BCUT2D eigenvalue weighted by Gasteiger charge is -2.12. The number of fused-ring (bicyclic) bond motifs is 1. The van der Waals surface area contributed by atoms with Gasteiger partial charge in [-0.05, 0) is 47.1 Å². The molecule has 0 saturated heterocycles. The Morgan fingerprint density at radius 3 is 2.53 bits per heavy atom. The van der Waals surface area contributed by atoms with Gasteiger partial charge in [-0.1, -0.05) is 27.7 Å². The van der Waals surface area contributed by atoms with Gasteiger partial charge in [0, 0.05) is 11.9 Å². The van der Waals surface area contributed by atoms with Gasteiger partial charge in [0.2, 0.25) is 0 Å². The Morgan fingerprint density at radius 1 is 1.24 bits per heavy atom. The predicted octanol–water partition coefficient (Wildman–Crippen LogP) is 5.32. The highest BCUT2D eigenvalue weighted by molar-refractivity contribution is 7.17. The van der Waals surface area contributed by atoms with Crippen molar-refractivity contribution < 1.29 is 0 Å². The molecule has 0 N–H and O–H groups in total. The van der Waals surface area contributed by atoms with Crippen molar-refractivity contribution in [2.45, 2.75) is 52.4 Å². The summed E-state index contributed by atoms with van der Waals surface area (Å²) in [5.41, 5.74) is 2.74. The van der Waals surface area contributed by atoms with Crippen LogP contribution in [0.3, 0.4) is 0 Å². The van der Waals surface area contributed by atoms with E-state index in [4.69, 9.17) is 0 Å². The molecule has 1 nitrogen and oxygen atoms in total. The summed E-state index contributed by atoms with van der Waals surface area (Å²) >= 11 is 1.83. The number of aromatic nitrogens is 1. The second-order valence-corrected chi connectivity index (χ2v) is 5.88. The first-order chi connectivity index (χ1) is 8.17. The maximum atomic E-state index is 4.54. The molecule has 0 fully saturated rings. The van der Waals surface area contributed by atoms with Crippen molar-refractivity contribution in [2.24, 2.45) is 0 Å². The Labute approximate surface area is 108 Å². The largest absolute Gasteiger partial charge is 0.260 e. The van der Waals surface area contributed by atoms with Gasteiger partial charge in [0.05, 0.1) is 4.70 Å². The second-order valence-electron chi connectivity index (χ2n) is 4.96. The molecule has 0 amide bonds. The molecule has 0 saturated carbocycles. The van der Waals surface area contributed by atoms with Gasteiger partial charge < -0.3 is 0 Å². The van der Waals surface area contributed by atoms with Crippen molar-refractivity contribution in [3.05, 3.63) is 28.9 Å². The molecule has 2 heteroatoms. The minimum atomic E-state index is 0.508. The molecule has 0 aliphatic rings. The molecule has 2 aromatic heterocycles. The Balaban J connectivity index is 2.53. The summed E-state index contributed by atoms with van der Waals surface area (Å²) in [5.74, 6) is 1.21. The molecular formula is C15H21NS. The molecule has 92 valence electrons. The summed E-state index contributed by atoms with van der Waals surface area (Å²) in [6.45, 7) is 8.97. The second kappa shape index (κ2) is 5.18. The molecule has 0 unspecified atom stereocenters. The van der Waals surface area contributed by atoms with Crippen molar-refractivity contribution >= 4 is 21.4 Å². The van der Waals surface area contributed by atoms with Crippen molar-refractivity contribution in [1.29, 1.82) is 0 Å². The lowest BCUT2D eigenvalue weighted by molar-refractivity contribution is 0.648. The van der Waals surface area contributed by atoms with Crippen LogP contribution in [0.2, 0.25) is 0 Å². The van der Waals surface area contributed by atoms with Gasteiger partial charge in [0.1, 0.15) is 0 Å². The molecule has 0 bridgehead atoms. The van der Waals surface area contributed by atoms with Crippen LogP contribution < -0.4 is 0 Å². The minimum Gasteiger partial charge on any atom is -0.260 e. The van der Waals surface area contributed by atoms with Crippen molar-refractivity contribution in [1.82, 2.24) is 4.98 Å². The van der Waals surface area contributed by atoms with Gasteiger partial charge in [-0.2, -0.15) is 0 Å². The van der Waals surface area contributed by atoms with Gasteiger partial charge in [0.15, 0.2) is 0 Å². The topological polar surface area (TPSA) is 12.9 Å². The van der Waals surface area contributed by atoms with E-state index in [1.54, 1.807) is 0 Å². The van der Waals surface area contributed by atoms with Gasteiger partial charge in [-0.15, -0.1) is 11.3 Å². The molecule has 0 atom stereocenters. The standard InChI is InChI=1S/C15H21NS/c1-5-11(6-2)13-9-17-15-8-16-14(10(3)4)7-12(13)15/h7-11H,5-6H2,1-4H3. The molecule has 2 heterocycles. The minimum absolute atomic E-state index is 0.508. The van der Waals surface area contributed by atoms with E-state index in [-0.39, 0.29) is 0 Å². The van der Waals surface area contributed by atoms with Gasteiger partial charge in [0.25, 0.3) is 0 Å². The molecular weight excluding hydrogens is 226 g/mol. The van der Waals surface area contributed by atoms with E-state index in [1.165, 1.54) is 34.2 Å². The smallest absolute Gasteiger partial charge is 0.0529 e. The highest BCUT2D eigenvalue weighted by atomic mass is 32.1. The van der Waals surface area contributed by atoms with Crippen LogP contribution in [0, 0.1) is 0 Å². The van der Waals surface area contributed by atoms with Crippen LogP contribution in [-0.4, -0.2) is 4.98 Å². The summed E-state index contributed by atoms with van der Waals surface area (Å²) in [6.07, 6.45) is 4.49. The first kappa shape index (κ1) is 12.6. The zero-order chi connectivity index (χ0) is 12.4. The summed E-state index contributed by atoms with van der Waals surface area (Å²) in [7, 11) is 0. The average Bonchev–Trinajstić information content (AvgIpc) is 2.74. The fourth-order valence-electron chi connectivity index (χ4n) is 2.33. The van der Waals surface area contributed by atoms with E-state index in [2.05, 4.69) is 44.1 Å². The van der Waals surface area contributed by atoms with E-state index in [1.807, 2.05) is 17.5 Å². The fourth-order valence-corrected chi connectivity index (χ4v) is 3.32. The summed E-state index contributed by atoms with van der Waals surface area (Å²) in [4.78, 5) is 4.54. The normalized spacial score (nSPS) is 11.9. The zero-order valence-electron chi connectivity index (χ0n) is 11.2. The van der Waals surface area contributed by atoms with Crippen molar-refractivity contribution in [2.75, 3.05) is 0 Å². The first-order valence-corrected chi connectivity index (χ1v) is 7.42. The third kappa shape index (κ3) is 2.37. The molecule has 2 aromatic rings. The maximum absolute atomic E-state index is 4.54. The number of thiophene rings is 1. The van der Waals surface area contributed by atoms with Crippen LogP contribution >= 0.6 is 11.3 Å². The molecule has 0 aliphatic carbocycles. The zero-order valence-corrected chi connectivity index (χ0v) is 12.0. The maximum Gasteiger partial charge on any atom is 0.0529 e. The number of rotatable bonds is 4. The average molecular weight is 247 g/mol. The van der Waals surface area contributed by atoms with Crippen LogP contribution in [0.1, 0.15) is 63.6 Å². The van der Waals surface area contributed by atoms with Crippen LogP contribution in [0.15, 0.2) is 17.6 Å². The SMILES string of the molecule is CCC(CC)c1csc2cnc(C(C)C)cc12. The van der Waals surface area contributed by atoms with Gasteiger partial charge in [-0.25, -0.2) is 0 Å². The van der Waals surface area contributed by atoms with Crippen LogP contribution in [0.25, 0.3) is 10.1 Å². The van der Waals surface area contributed by atoms with Crippen LogP contribution in [0.5, 0.6) is 0 Å². The molecule has 2 rings (SSSR count). The van der Waals surface area contributed by atoms with E-state index < -0.39 is 0 Å². The van der Waals surface area contributed by atoms with Crippen LogP contribution in [0.4, 0.5) is 0 Å². The Hall–Kier alpha value is -0.890. The number of hydrogen-bond acceptors (Lipinski definition) is 2. The molecule has 0 aliphatic heterocycles. The Kier molecular flexibility index (Phi) is 3.82. The molecule has 0 radical (unpaired) electrons. The summed E-state index contributed by atoms with van der Waals surface area (Å²) < 4.78 is 1.33. The summed E-state index contributed by atoms with van der Waals surface area (Å²) in [6, 6.07) is 2.30. The monoisotopic (exact) mass is 247 g/mol. The Morgan fingerprint density at radius 2 is 1.94 bits per heavy atom. The van der Waals surface area contributed by atoms with Gasteiger partial charge >= 0.3 is 0 Å². The third-order valence-electron chi connectivity index (χ3n) is 3.53. The van der Waals surface area contributed by atoms with Crippen molar-refractivity contribution in [3.8, 4) is 0 Å².